The first-order chi connectivity index (χ1) is 20.4. The Morgan fingerprint density at radius 1 is 0.929 bits per heavy atom. The lowest BCUT2D eigenvalue weighted by molar-refractivity contribution is -0.144. The molecule has 0 radical (unpaired) electrons. The summed E-state index contributed by atoms with van der Waals surface area (Å²) in [5, 5.41) is 9.31. The quantitative estimate of drug-likeness (QED) is 0.388. The molecule has 220 valence electrons. The molecular weight excluding hydrogens is 530 g/mol. The van der Waals surface area contributed by atoms with Crippen LogP contribution in [-0.4, -0.2) is 76.6 Å². The van der Waals surface area contributed by atoms with Gasteiger partial charge in [-0.3, -0.25) is 14.4 Å². The maximum Gasteiger partial charge on any atom is 0.253 e. The summed E-state index contributed by atoms with van der Waals surface area (Å²) in [5.74, 6) is -2.06. The van der Waals surface area contributed by atoms with Gasteiger partial charge in [0.25, 0.3) is 5.91 Å². The van der Waals surface area contributed by atoms with Crippen LogP contribution in [0.15, 0.2) is 72.8 Å². The number of rotatable bonds is 8. The van der Waals surface area contributed by atoms with E-state index in [-0.39, 0.29) is 24.3 Å². The fourth-order valence-electron chi connectivity index (χ4n) is 7.17. The SMILES string of the molecule is Cc1ccc(C)c(N2CC=C[C@]34O[C@@H]5C=CCN(Cc6ccccc6)C(=O)[C@@H]5[C@H]3C(=O)N(CCCCCO)C4C2=O)c1. The lowest BCUT2D eigenvalue weighted by Gasteiger charge is -2.35. The zero-order valence-electron chi connectivity index (χ0n) is 24.3. The van der Waals surface area contributed by atoms with E-state index in [9.17, 15) is 19.5 Å². The van der Waals surface area contributed by atoms with Gasteiger partial charge in [0, 0.05) is 38.5 Å². The summed E-state index contributed by atoms with van der Waals surface area (Å²) in [5.41, 5.74) is 2.60. The summed E-state index contributed by atoms with van der Waals surface area (Å²) in [4.78, 5) is 48.4. The maximum absolute atomic E-state index is 14.6. The zero-order valence-corrected chi connectivity index (χ0v) is 24.3. The van der Waals surface area contributed by atoms with Crippen molar-refractivity contribution in [2.75, 3.05) is 31.1 Å². The van der Waals surface area contributed by atoms with E-state index in [1.54, 1.807) is 14.7 Å². The number of anilines is 1. The van der Waals surface area contributed by atoms with Gasteiger partial charge in [-0.15, -0.1) is 0 Å². The Balaban J connectivity index is 1.39. The maximum atomic E-state index is 14.6. The van der Waals surface area contributed by atoms with Crippen molar-refractivity contribution in [2.24, 2.45) is 11.8 Å². The molecule has 6 rings (SSSR count). The van der Waals surface area contributed by atoms with Crippen LogP contribution in [0.3, 0.4) is 0 Å². The second-order valence-electron chi connectivity index (χ2n) is 11.9. The van der Waals surface area contributed by atoms with Gasteiger partial charge >= 0.3 is 0 Å². The zero-order chi connectivity index (χ0) is 29.4. The van der Waals surface area contributed by atoms with Crippen molar-refractivity contribution in [1.29, 1.82) is 0 Å². The highest BCUT2D eigenvalue weighted by Gasteiger charge is 2.71. The van der Waals surface area contributed by atoms with Crippen LogP contribution in [0.5, 0.6) is 0 Å². The fourth-order valence-corrected chi connectivity index (χ4v) is 7.17. The van der Waals surface area contributed by atoms with Crippen molar-refractivity contribution in [3.63, 3.8) is 0 Å². The number of hydrogen-bond acceptors (Lipinski definition) is 5. The molecule has 2 fully saturated rings. The summed E-state index contributed by atoms with van der Waals surface area (Å²) < 4.78 is 6.78. The number of aliphatic hydroxyl groups excluding tert-OH is 1. The van der Waals surface area contributed by atoms with Crippen molar-refractivity contribution in [1.82, 2.24) is 9.80 Å². The number of likely N-dealkylation sites (tertiary alicyclic amines) is 1. The van der Waals surface area contributed by atoms with Gasteiger partial charge in [0.05, 0.1) is 17.9 Å². The number of aliphatic hydroxyl groups is 1. The average Bonchev–Trinajstić information content (AvgIpc) is 3.30. The predicted molar refractivity (Wildman–Crippen MR) is 159 cm³/mol. The number of unbranched alkanes of at least 4 members (excludes halogenated alkanes) is 2. The van der Waals surface area contributed by atoms with Crippen molar-refractivity contribution in [3.05, 3.63) is 89.5 Å². The van der Waals surface area contributed by atoms with Crippen LogP contribution in [0.4, 0.5) is 5.69 Å². The summed E-state index contributed by atoms with van der Waals surface area (Å²) in [6.45, 7) is 5.64. The second kappa shape index (κ2) is 11.5. The molecule has 5 atom stereocenters. The van der Waals surface area contributed by atoms with Crippen LogP contribution in [0, 0.1) is 25.7 Å². The van der Waals surface area contributed by atoms with Gasteiger partial charge in [-0.25, -0.2) is 0 Å². The van der Waals surface area contributed by atoms with Crippen molar-refractivity contribution in [3.8, 4) is 0 Å². The van der Waals surface area contributed by atoms with E-state index in [1.807, 2.05) is 86.7 Å². The predicted octanol–water partition coefficient (Wildman–Crippen LogP) is 3.55. The number of hydrogen-bond donors (Lipinski definition) is 1. The van der Waals surface area contributed by atoms with E-state index in [2.05, 4.69) is 0 Å². The molecule has 0 saturated carbocycles. The molecule has 1 N–H and O–H groups in total. The van der Waals surface area contributed by atoms with Gasteiger partial charge in [0.2, 0.25) is 11.8 Å². The molecule has 1 spiro atoms. The molecule has 2 aromatic rings. The number of carbonyl (C=O) groups excluding carboxylic acids is 3. The molecule has 1 unspecified atom stereocenters. The van der Waals surface area contributed by atoms with Crippen LogP contribution in [0.2, 0.25) is 0 Å². The minimum Gasteiger partial charge on any atom is -0.396 e. The first-order valence-corrected chi connectivity index (χ1v) is 15.0. The number of benzene rings is 2. The lowest BCUT2D eigenvalue weighted by atomic mass is 9.77. The highest BCUT2D eigenvalue weighted by molar-refractivity contribution is 6.06. The van der Waals surface area contributed by atoms with E-state index in [4.69, 9.17) is 4.74 Å². The Bertz CT molecular complexity index is 1420. The first kappa shape index (κ1) is 28.4. The Labute approximate surface area is 247 Å². The van der Waals surface area contributed by atoms with E-state index in [1.165, 1.54) is 0 Å². The molecule has 4 aliphatic rings. The molecule has 4 heterocycles. The minimum absolute atomic E-state index is 0.0803. The largest absolute Gasteiger partial charge is 0.396 e. The van der Waals surface area contributed by atoms with E-state index < -0.39 is 29.6 Å². The van der Waals surface area contributed by atoms with Crippen molar-refractivity contribution < 1.29 is 24.2 Å². The number of aryl methyl sites for hydroxylation is 2. The van der Waals surface area contributed by atoms with Crippen LogP contribution in [0.25, 0.3) is 0 Å². The van der Waals surface area contributed by atoms with Crippen LogP contribution >= 0.6 is 0 Å². The Kier molecular flexibility index (Phi) is 7.77. The summed E-state index contributed by atoms with van der Waals surface area (Å²) in [7, 11) is 0. The Morgan fingerprint density at radius 2 is 1.74 bits per heavy atom. The Morgan fingerprint density at radius 3 is 2.52 bits per heavy atom. The second-order valence-corrected chi connectivity index (χ2v) is 11.9. The van der Waals surface area contributed by atoms with Crippen molar-refractivity contribution in [2.45, 2.75) is 57.4 Å². The van der Waals surface area contributed by atoms with Gasteiger partial charge in [-0.1, -0.05) is 66.8 Å². The van der Waals surface area contributed by atoms with E-state index in [0.717, 1.165) is 28.8 Å². The molecule has 4 aliphatic heterocycles. The lowest BCUT2D eigenvalue weighted by Crippen LogP contribution is -2.55. The number of fused-ring (bicyclic) bond motifs is 2. The van der Waals surface area contributed by atoms with Crippen LogP contribution in [0.1, 0.15) is 36.0 Å². The van der Waals surface area contributed by atoms with Gasteiger partial charge in [-0.05, 0) is 55.9 Å². The monoisotopic (exact) mass is 569 g/mol. The molecule has 8 nitrogen and oxygen atoms in total. The number of ether oxygens (including phenoxy) is 1. The Hall–Kier alpha value is -3.75. The third-order valence-electron chi connectivity index (χ3n) is 9.17. The van der Waals surface area contributed by atoms with Gasteiger partial charge in [0.1, 0.15) is 11.6 Å². The average molecular weight is 570 g/mol. The van der Waals surface area contributed by atoms with Crippen LogP contribution in [-0.2, 0) is 25.7 Å². The number of nitrogens with zero attached hydrogens (tertiary/aromatic N) is 3. The first-order valence-electron chi connectivity index (χ1n) is 15.0. The standard InChI is InChI=1S/C34H39N3O5/c1-23-14-15-24(2)26(21-23)36-19-10-16-34-29(32(40)37(30(34)33(36)41)18-7-4-8-20-38)28-27(42-34)13-9-17-35(31(28)39)22-25-11-5-3-6-12-25/h3,5-6,9-16,21,27-30,38H,4,7-8,17-20,22H2,1-2H3/t27-,28+,29+,30?,34+/m1/s1. The molecule has 3 amide bonds. The highest BCUT2D eigenvalue weighted by atomic mass is 16.5. The van der Waals surface area contributed by atoms with Crippen LogP contribution < -0.4 is 4.90 Å². The minimum atomic E-state index is -1.25. The number of carbonyl (C=O) groups is 3. The third-order valence-corrected chi connectivity index (χ3v) is 9.17. The number of amides is 3. The van der Waals surface area contributed by atoms with Gasteiger partial charge in [-0.2, -0.15) is 0 Å². The van der Waals surface area contributed by atoms with E-state index in [0.29, 0.717) is 39.0 Å². The molecule has 0 aliphatic carbocycles. The molecule has 2 saturated heterocycles. The smallest absolute Gasteiger partial charge is 0.253 e. The topological polar surface area (TPSA) is 90.4 Å². The molecular formula is C34H39N3O5. The van der Waals surface area contributed by atoms with Gasteiger partial charge < -0.3 is 24.5 Å². The van der Waals surface area contributed by atoms with E-state index >= 15 is 0 Å². The normalized spacial score (nSPS) is 28.5. The summed E-state index contributed by atoms with van der Waals surface area (Å²) in [6.07, 6.45) is 9.08. The summed E-state index contributed by atoms with van der Waals surface area (Å²) in [6, 6.07) is 15.0. The molecule has 0 bridgehead atoms. The summed E-state index contributed by atoms with van der Waals surface area (Å²) >= 11 is 0. The third kappa shape index (κ3) is 4.76. The van der Waals surface area contributed by atoms with Crippen molar-refractivity contribution >= 4 is 23.4 Å². The van der Waals surface area contributed by atoms with Gasteiger partial charge in [0.15, 0.2) is 0 Å². The molecule has 42 heavy (non-hydrogen) atoms. The highest BCUT2D eigenvalue weighted by Crippen LogP contribution is 2.53. The molecule has 0 aromatic heterocycles. The fraction of sp³-hybridized carbons (Fsp3) is 0.441. The molecule has 8 heteroatoms. The molecule has 2 aromatic carbocycles.